The zero-order chi connectivity index (χ0) is 15.1. The fourth-order valence-corrected chi connectivity index (χ4v) is 2.01. The van der Waals surface area contributed by atoms with Gasteiger partial charge in [-0.05, 0) is 25.1 Å². The van der Waals surface area contributed by atoms with Gasteiger partial charge < -0.3 is 15.4 Å². The van der Waals surface area contributed by atoms with Gasteiger partial charge in [0.15, 0.2) is 0 Å². The van der Waals surface area contributed by atoms with Crippen LogP contribution in [0.25, 0.3) is 0 Å². The van der Waals surface area contributed by atoms with Gasteiger partial charge in [0.05, 0.1) is 12.2 Å². The maximum absolute atomic E-state index is 12.4. The second-order valence-corrected chi connectivity index (χ2v) is 4.47. The van der Waals surface area contributed by atoms with Crippen molar-refractivity contribution in [2.75, 3.05) is 24.3 Å². The molecule has 0 atom stereocenters. The summed E-state index contributed by atoms with van der Waals surface area (Å²) in [6.07, 6.45) is 1.66. The zero-order valence-corrected chi connectivity index (χ0v) is 12.2. The third kappa shape index (κ3) is 3.79. The molecule has 0 aliphatic rings. The average molecular weight is 285 g/mol. The van der Waals surface area contributed by atoms with E-state index < -0.39 is 0 Å². The molecular formula is C16H19N3O2. The first kappa shape index (κ1) is 15.0. The van der Waals surface area contributed by atoms with Crippen LogP contribution >= 0.6 is 0 Å². The largest absolute Gasteiger partial charge is 0.380 e. The van der Waals surface area contributed by atoms with Crippen LogP contribution in [0.1, 0.15) is 22.8 Å². The number of anilines is 2. The SMILES string of the molecule is CCNc1ncccc1C(=O)Nc1ccccc1COC. The number of methoxy groups -OCH3 is 1. The second-order valence-electron chi connectivity index (χ2n) is 4.47. The molecule has 0 saturated carbocycles. The van der Waals surface area contributed by atoms with E-state index in [1.54, 1.807) is 25.4 Å². The van der Waals surface area contributed by atoms with Gasteiger partial charge in [-0.15, -0.1) is 0 Å². The number of nitrogens with one attached hydrogen (secondary N) is 2. The number of amides is 1. The Morgan fingerprint density at radius 1 is 1.24 bits per heavy atom. The summed E-state index contributed by atoms with van der Waals surface area (Å²) in [6.45, 7) is 3.12. The van der Waals surface area contributed by atoms with Crippen molar-refractivity contribution in [3.05, 3.63) is 53.7 Å². The molecule has 21 heavy (non-hydrogen) atoms. The molecule has 0 unspecified atom stereocenters. The van der Waals surface area contributed by atoms with Gasteiger partial charge in [-0.25, -0.2) is 4.98 Å². The number of hydrogen-bond acceptors (Lipinski definition) is 4. The summed E-state index contributed by atoms with van der Waals surface area (Å²) >= 11 is 0. The molecular weight excluding hydrogens is 266 g/mol. The lowest BCUT2D eigenvalue weighted by molar-refractivity contribution is 0.102. The lowest BCUT2D eigenvalue weighted by atomic mass is 10.1. The standard InChI is InChI=1S/C16H19N3O2/c1-3-17-15-13(8-6-10-18-15)16(20)19-14-9-5-4-7-12(14)11-21-2/h4-10H,3,11H2,1-2H3,(H,17,18)(H,19,20). The van der Waals surface area contributed by atoms with Gasteiger partial charge in [-0.1, -0.05) is 18.2 Å². The molecule has 0 aliphatic carbocycles. The molecule has 5 nitrogen and oxygen atoms in total. The number of pyridine rings is 1. The molecule has 110 valence electrons. The maximum atomic E-state index is 12.4. The van der Waals surface area contributed by atoms with Gasteiger partial charge in [0.25, 0.3) is 5.91 Å². The summed E-state index contributed by atoms with van der Waals surface area (Å²) in [4.78, 5) is 16.6. The molecule has 1 heterocycles. The second kappa shape index (κ2) is 7.40. The van der Waals surface area contributed by atoms with Gasteiger partial charge >= 0.3 is 0 Å². The smallest absolute Gasteiger partial charge is 0.259 e. The van der Waals surface area contributed by atoms with Crippen molar-refractivity contribution in [2.45, 2.75) is 13.5 Å². The van der Waals surface area contributed by atoms with Gasteiger partial charge in [0, 0.05) is 31.1 Å². The Bertz CT molecular complexity index is 614. The van der Waals surface area contributed by atoms with Crippen molar-refractivity contribution in [3.63, 3.8) is 0 Å². The van der Waals surface area contributed by atoms with Crippen LogP contribution in [0.3, 0.4) is 0 Å². The van der Waals surface area contributed by atoms with Crippen LogP contribution in [0.2, 0.25) is 0 Å². The van der Waals surface area contributed by atoms with E-state index in [9.17, 15) is 4.79 Å². The highest BCUT2D eigenvalue weighted by Crippen LogP contribution is 2.19. The van der Waals surface area contributed by atoms with Crippen molar-refractivity contribution < 1.29 is 9.53 Å². The molecule has 1 aromatic carbocycles. The summed E-state index contributed by atoms with van der Waals surface area (Å²) in [6, 6.07) is 11.1. The fraction of sp³-hybridized carbons (Fsp3) is 0.250. The van der Waals surface area contributed by atoms with Crippen molar-refractivity contribution in [3.8, 4) is 0 Å². The summed E-state index contributed by atoms with van der Waals surface area (Å²) in [5, 5.41) is 6.00. The van der Waals surface area contributed by atoms with Gasteiger partial charge in [-0.3, -0.25) is 4.79 Å². The summed E-state index contributed by atoms with van der Waals surface area (Å²) in [5.41, 5.74) is 2.20. The number of para-hydroxylation sites is 1. The lowest BCUT2D eigenvalue weighted by Crippen LogP contribution is -2.16. The number of nitrogens with zero attached hydrogens (tertiary/aromatic N) is 1. The highest BCUT2D eigenvalue weighted by molar-refractivity contribution is 6.07. The minimum Gasteiger partial charge on any atom is -0.380 e. The van der Waals surface area contributed by atoms with E-state index in [2.05, 4.69) is 15.6 Å². The van der Waals surface area contributed by atoms with E-state index in [1.807, 2.05) is 31.2 Å². The number of aromatic nitrogens is 1. The minimum atomic E-state index is -0.192. The normalized spacial score (nSPS) is 10.2. The molecule has 0 fully saturated rings. The number of carbonyl (C=O) groups excluding carboxylic acids is 1. The molecule has 0 spiro atoms. The van der Waals surface area contributed by atoms with Gasteiger partial charge in [0.2, 0.25) is 0 Å². The monoisotopic (exact) mass is 285 g/mol. The van der Waals surface area contributed by atoms with Crippen molar-refractivity contribution in [1.82, 2.24) is 4.98 Å². The maximum Gasteiger partial charge on any atom is 0.259 e. The summed E-state index contributed by atoms with van der Waals surface area (Å²) in [7, 11) is 1.63. The van der Waals surface area contributed by atoms with E-state index in [-0.39, 0.29) is 5.91 Å². The van der Waals surface area contributed by atoms with Crippen molar-refractivity contribution in [2.24, 2.45) is 0 Å². The summed E-state index contributed by atoms with van der Waals surface area (Å²) in [5.74, 6) is 0.393. The van der Waals surface area contributed by atoms with E-state index >= 15 is 0 Å². The number of rotatable bonds is 6. The molecule has 1 amide bonds. The molecule has 0 saturated heterocycles. The first-order chi connectivity index (χ1) is 10.3. The van der Waals surface area contributed by atoms with Crippen LogP contribution in [0, 0.1) is 0 Å². The van der Waals surface area contributed by atoms with E-state index in [0.717, 1.165) is 11.3 Å². The van der Waals surface area contributed by atoms with Crippen LogP contribution in [-0.4, -0.2) is 24.5 Å². The molecule has 2 aromatic rings. The number of benzene rings is 1. The summed E-state index contributed by atoms with van der Waals surface area (Å²) < 4.78 is 5.14. The third-order valence-corrected chi connectivity index (χ3v) is 2.96. The Balaban J connectivity index is 2.22. The van der Waals surface area contributed by atoms with Crippen LogP contribution in [0.5, 0.6) is 0 Å². The fourth-order valence-electron chi connectivity index (χ4n) is 2.01. The molecule has 0 bridgehead atoms. The first-order valence-electron chi connectivity index (χ1n) is 6.83. The zero-order valence-electron chi connectivity index (χ0n) is 12.2. The number of ether oxygens (including phenoxy) is 1. The number of carbonyl (C=O) groups is 1. The molecule has 1 aromatic heterocycles. The number of hydrogen-bond donors (Lipinski definition) is 2. The predicted molar refractivity (Wildman–Crippen MR) is 83.5 cm³/mol. The van der Waals surface area contributed by atoms with Crippen LogP contribution in [0.15, 0.2) is 42.6 Å². The van der Waals surface area contributed by atoms with E-state index in [4.69, 9.17) is 4.74 Å². The Hall–Kier alpha value is -2.40. The Morgan fingerprint density at radius 3 is 2.81 bits per heavy atom. The highest BCUT2D eigenvalue weighted by Gasteiger charge is 2.13. The lowest BCUT2D eigenvalue weighted by Gasteiger charge is -2.12. The van der Waals surface area contributed by atoms with Gasteiger partial charge in [-0.2, -0.15) is 0 Å². The van der Waals surface area contributed by atoms with Gasteiger partial charge in [0.1, 0.15) is 5.82 Å². The quantitative estimate of drug-likeness (QED) is 0.856. The average Bonchev–Trinajstić information content (AvgIpc) is 2.50. The minimum absolute atomic E-state index is 0.192. The van der Waals surface area contributed by atoms with E-state index in [0.29, 0.717) is 24.5 Å². The molecule has 2 N–H and O–H groups in total. The van der Waals surface area contributed by atoms with E-state index in [1.165, 1.54) is 0 Å². The van der Waals surface area contributed by atoms with Crippen LogP contribution in [0.4, 0.5) is 11.5 Å². The first-order valence-corrected chi connectivity index (χ1v) is 6.83. The Morgan fingerprint density at radius 2 is 2.05 bits per heavy atom. The Labute approximate surface area is 124 Å². The van der Waals surface area contributed by atoms with Crippen molar-refractivity contribution >= 4 is 17.4 Å². The molecule has 5 heteroatoms. The molecule has 2 rings (SSSR count). The third-order valence-electron chi connectivity index (χ3n) is 2.96. The molecule has 0 aliphatic heterocycles. The van der Waals surface area contributed by atoms with Crippen LogP contribution in [-0.2, 0) is 11.3 Å². The van der Waals surface area contributed by atoms with Crippen molar-refractivity contribution in [1.29, 1.82) is 0 Å². The topological polar surface area (TPSA) is 63.2 Å². The molecule has 0 radical (unpaired) electrons. The Kier molecular flexibility index (Phi) is 5.29. The van der Waals surface area contributed by atoms with Crippen LogP contribution < -0.4 is 10.6 Å². The highest BCUT2D eigenvalue weighted by atomic mass is 16.5. The predicted octanol–water partition coefficient (Wildman–Crippen LogP) is 2.91.